The first kappa shape index (κ1) is 19.4. The summed E-state index contributed by atoms with van der Waals surface area (Å²) in [4.78, 5) is 13.7. The largest absolute Gasteiger partial charge is 0.480 e. The lowest BCUT2D eigenvalue weighted by molar-refractivity contribution is -0.145. The minimum atomic E-state index is -0.853. The van der Waals surface area contributed by atoms with Gasteiger partial charge in [-0.1, -0.05) is 45.0 Å². The molecule has 0 amide bonds. The number of aliphatic carboxylic acids is 1. The average molecular weight is 394 g/mol. The van der Waals surface area contributed by atoms with Gasteiger partial charge in [-0.3, -0.25) is 9.69 Å². The van der Waals surface area contributed by atoms with E-state index in [0.717, 1.165) is 28.7 Å². The van der Waals surface area contributed by atoms with E-state index in [4.69, 9.17) is 4.42 Å². The summed E-state index contributed by atoms with van der Waals surface area (Å²) in [6.45, 7) is 9.57. The third-order valence-electron chi connectivity index (χ3n) is 5.49. The van der Waals surface area contributed by atoms with Gasteiger partial charge in [0.25, 0.3) is 0 Å². The molecule has 1 aliphatic rings. The molecular formula is C22H26N4O3. The Balaban J connectivity index is 1.53. The number of fused-ring (bicyclic) bond motifs is 1. The predicted molar refractivity (Wildman–Crippen MR) is 108 cm³/mol. The zero-order valence-corrected chi connectivity index (χ0v) is 17.2. The molecule has 152 valence electrons. The highest BCUT2D eigenvalue weighted by atomic mass is 16.4. The second kappa shape index (κ2) is 7.15. The lowest BCUT2D eigenvalue weighted by Crippen LogP contribution is -2.47. The number of carbonyl (C=O) groups is 1. The van der Waals surface area contributed by atoms with Crippen LogP contribution in [0.1, 0.15) is 43.7 Å². The van der Waals surface area contributed by atoms with E-state index in [9.17, 15) is 9.90 Å². The number of hydrogen-bond donors (Lipinski definition) is 1. The SMILES string of the molecule is Cc1nnc2n1CC(C(=O)O)N(Cc1ccc(-c3ccc(C(C)(C)C)cc3)o1)C2. The minimum Gasteiger partial charge on any atom is -0.480 e. The van der Waals surface area contributed by atoms with Crippen molar-refractivity contribution in [2.24, 2.45) is 0 Å². The van der Waals surface area contributed by atoms with Crippen molar-refractivity contribution in [3.05, 3.63) is 59.4 Å². The Hall–Kier alpha value is -2.93. The summed E-state index contributed by atoms with van der Waals surface area (Å²) in [5.41, 5.74) is 2.38. The van der Waals surface area contributed by atoms with Crippen LogP contribution in [0, 0.1) is 6.92 Å². The molecule has 1 aliphatic heterocycles. The summed E-state index contributed by atoms with van der Waals surface area (Å²) in [6.07, 6.45) is 0. The van der Waals surface area contributed by atoms with Crippen LogP contribution in [0.4, 0.5) is 0 Å². The molecule has 0 saturated heterocycles. The van der Waals surface area contributed by atoms with Crippen molar-refractivity contribution >= 4 is 5.97 Å². The smallest absolute Gasteiger partial charge is 0.322 e. The molecule has 7 nitrogen and oxygen atoms in total. The topological polar surface area (TPSA) is 84.4 Å². The first-order valence-corrected chi connectivity index (χ1v) is 9.77. The van der Waals surface area contributed by atoms with Gasteiger partial charge in [0.05, 0.1) is 19.6 Å². The number of rotatable bonds is 4. The van der Waals surface area contributed by atoms with Crippen molar-refractivity contribution in [3.8, 4) is 11.3 Å². The number of nitrogens with zero attached hydrogens (tertiary/aromatic N) is 4. The molecule has 3 aromatic rings. The van der Waals surface area contributed by atoms with Gasteiger partial charge in [0.1, 0.15) is 29.2 Å². The van der Waals surface area contributed by atoms with E-state index in [0.29, 0.717) is 19.6 Å². The van der Waals surface area contributed by atoms with Crippen LogP contribution in [-0.2, 0) is 29.8 Å². The molecule has 0 saturated carbocycles. The number of carboxylic acids is 1. The van der Waals surface area contributed by atoms with E-state index in [2.05, 4.69) is 55.2 Å². The van der Waals surface area contributed by atoms with Crippen molar-refractivity contribution in [3.63, 3.8) is 0 Å². The summed E-state index contributed by atoms with van der Waals surface area (Å²) in [6, 6.07) is 11.6. The number of aromatic nitrogens is 3. The van der Waals surface area contributed by atoms with Gasteiger partial charge in [0, 0.05) is 5.56 Å². The van der Waals surface area contributed by atoms with Crippen LogP contribution >= 0.6 is 0 Å². The van der Waals surface area contributed by atoms with E-state index in [-0.39, 0.29) is 5.41 Å². The van der Waals surface area contributed by atoms with Crippen molar-refractivity contribution in [1.29, 1.82) is 0 Å². The maximum absolute atomic E-state index is 11.8. The first-order chi connectivity index (χ1) is 13.7. The molecular weight excluding hydrogens is 368 g/mol. The molecule has 0 spiro atoms. The highest BCUT2D eigenvalue weighted by molar-refractivity contribution is 5.73. The lowest BCUT2D eigenvalue weighted by Gasteiger charge is -2.32. The van der Waals surface area contributed by atoms with Gasteiger partial charge in [-0.05, 0) is 30.0 Å². The lowest BCUT2D eigenvalue weighted by atomic mass is 9.86. The van der Waals surface area contributed by atoms with Gasteiger partial charge >= 0.3 is 5.97 Å². The Morgan fingerprint density at radius 1 is 1.17 bits per heavy atom. The van der Waals surface area contributed by atoms with Crippen LogP contribution < -0.4 is 0 Å². The summed E-state index contributed by atoms with van der Waals surface area (Å²) in [5, 5.41) is 17.9. The highest BCUT2D eigenvalue weighted by Gasteiger charge is 2.33. The molecule has 1 N–H and O–H groups in total. The summed E-state index contributed by atoms with van der Waals surface area (Å²) < 4.78 is 7.92. The van der Waals surface area contributed by atoms with Crippen LogP contribution in [0.15, 0.2) is 40.8 Å². The zero-order valence-electron chi connectivity index (χ0n) is 17.2. The Kier molecular flexibility index (Phi) is 4.78. The molecule has 1 aromatic carbocycles. The van der Waals surface area contributed by atoms with Gasteiger partial charge in [-0.25, -0.2) is 0 Å². The maximum Gasteiger partial charge on any atom is 0.322 e. The normalized spacial score (nSPS) is 17.3. The Labute approximate surface area is 170 Å². The van der Waals surface area contributed by atoms with E-state index in [1.54, 1.807) is 0 Å². The third kappa shape index (κ3) is 3.82. The molecule has 29 heavy (non-hydrogen) atoms. The molecule has 0 radical (unpaired) electrons. The van der Waals surface area contributed by atoms with Gasteiger partial charge in [0.15, 0.2) is 0 Å². The van der Waals surface area contributed by atoms with E-state index < -0.39 is 12.0 Å². The number of hydrogen-bond acceptors (Lipinski definition) is 5. The first-order valence-electron chi connectivity index (χ1n) is 9.77. The summed E-state index contributed by atoms with van der Waals surface area (Å²) in [7, 11) is 0. The van der Waals surface area contributed by atoms with Crippen LogP contribution in [0.3, 0.4) is 0 Å². The van der Waals surface area contributed by atoms with Crippen LogP contribution in [-0.4, -0.2) is 36.8 Å². The molecule has 0 bridgehead atoms. The predicted octanol–water partition coefficient (Wildman–Crippen LogP) is 3.61. The molecule has 0 aliphatic carbocycles. The van der Waals surface area contributed by atoms with Gasteiger partial charge in [-0.2, -0.15) is 0 Å². The number of aryl methyl sites for hydroxylation is 1. The molecule has 3 heterocycles. The molecule has 0 fully saturated rings. The van der Waals surface area contributed by atoms with Crippen molar-refractivity contribution in [2.75, 3.05) is 0 Å². The molecule has 2 aromatic heterocycles. The van der Waals surface area contributed by atoms with Crippen LogP contribution in [0.5, 0.6) is 0 Å². The van der Waals surface area contributed by atoms with Crippen molar-refractivity contribution in [1.82, 2.24) is 19.7 Å². The van der Waals surface area contributed by atoms with Crippen molar-refractivity contribution < 1.29 is 14.3 Å². The Morgan fingerprint density at radius 3 is 2.55 bits per heavy atom. The monoisotopic (exact) mass is 394 g/mol. The summed E-state index contributed by atoms with van der Waals surface area (Å²) in [5.74, 6) is 2.18. The van der Waals surface area contributed by atoms with Gasteiger partial charge in [0.2, 0.25) is 0 Å². The fourth-order valence-electron chi connectivity index (χ4n) is 3.71. The van der Waals surface area contributed by atoms with E-state index >= 15 is 0 Å². The quantitative estimate of drug-likeness (QED) is 0.728. The third-order valence-corrected chi connectivity index (χ3v) is 5.49. The fourth-order valence-corrected chi connectivity index (χ4v) is 3.71. The van der Waals surface area contributed by atoms with Crippen molar-refractivity contribution in [2.45, 2.75) is 58.8 Å². The van der Waals surface area contributed by atoms with Crippen LogP contribution in [0.2, 0.25) is 0 Å². The minimum absolute atomic E-state index is 0.103. The number of furan rings is 1. The Bertz CT molecular complexity index is 1030. The standard InChI is InChI=1S/C22H26N4O3/c1-14-23-24-20-13-25(18(21(27)28)12-26(14)20)11-17-9-10-19(29-17)15-5-7-16(8-6-15)22(2,3)4/h5-10,18H,11-13H2,1-4H3,(H,27,28). The summed E-state index contributed by atoms with van der Waals surface area (Å²) >= 11 is 0. The molecule has 4 rings (SSSR count). The van der Waals surface area contributed by atoms with Gasteiger partial charge in [-0.15, -0.1) is 10.2 Å². The second-order valence-electron chi connectivity index (χ2n) is 8.63. The van der Waals surface area contributed by atoms with Crippen LogP contribution in [0.25, 0.3) is 11.3 Å². The zero-order chi connectivity index (χ0) is 20.8. The molecule has 7 heteroatoms. The molecule has 1 unspecified atom stereocenters. The average Bonchev–Trinajstić information content (AvgIpc) is 3.27. The van der Waals surface area contributed by atoms with E-state index in [1.165, 1.54) is 5.56 Å². The van der Waals surface area contributed by atoms with Gasteiger partial charge < -0.3 is 14.1 Å². The molecule has 1 atom stereocenters. The Morgan fingerprint density at radius 2 is 1.90 bits per heavy atom. The fraction of sp³-hybridized carbons (Fsp3) is 0.409. The second-order valence-corrected chi connectivity index (χ2v) is 8.63. The number of carboxylic acid groups (broad SMARTS) is 1. The highest BCUT2D eigenvalue weighted by Crippen LogP contribution is 2.28. The number of benzene rings is 1. The maximum atomic E-state index is 11.8. The van der Waals surface area contributed by atoms with E-state index in [1.807, 2.05) is 28.5 Å².